The van der Waals surface area contributed by atoms with Gasteiger partial charge in [0.2, 0.25) is 0 Å². The largest absolute Gasteiger partial charge is 0.490 e. The fourth-order valence-corrected chi connectivity index (χ4v) is 3.31. The van der Waals surface area contributed by atoms with Gasteiger partial charge in [-0.3, -0.25) is 0 Å². The highest BCUT2D eigenvalue weighted by molar-refractivity contribution is 7.16. The van der Waals surface area contributed by atoms with E-state index in [1.165, 1.54) is 11.3 Å². The van der Waals surface area contributed by atoms with Crippen molar-refractivity contribution in [3.05, 3.63) is 44.6 Å². The van der Waals surface area contributed by atoms with Crippen LogP contribution in [0, 0.1) is 6.92 Å². The Kier molecular flexibility index (Phi) is 5.51. The van der Waals surface area contributed by atoms with Crippen LogP contribution < -0.4 is 15.2 Å². The summed E-state index contributed by atoms with van der Waals surface area (Å²) in [5, 5.41) is 0. The summed E-state index contributed by atoms with van der Waals surface area (Å²) in [6.07, 6.45) is 0. The maximum atomic E-state index is 6.34. The van der Waals surface area contributed by atoms with Gasteiger partial charge in [-0.05, 0) is 50.1 Å². The molecule has 0 saturated heterocycles. The van der Waals surface area contributed by atoms with E-state index in [0.717, 1.165) is 31.8 Å². The fraction of sp³-hybridized carbons (Fsp3) is 0.375. The topological polar surface area (TPSA) is 44.5 Å². The molecule has 0 aliphatic rings. The quantitative estimate of drug-likeness (QED) is 0.847. The molecule has 1 aromatic carbocycles. The number of hydrogen-bond acceptors (Lipinski definition) is 4. The third-order valence-electron chi connectivity index (χ3n) is 3.11. The number of ether oxygens (including phenoxy) is 2. The number of halogens is 1. The summed E-state index contributed by atoms with van der Waals surface area (Å²) >= 11 is 7.65. The van der Waals surface area contributed by atoms with Crippen molar-refractivity contribution in [1.29, 1.82) is 0 Å². The smallest absolute Gasteiger partial charge is 0.161 e. The second-order valence-electron chi connectivity index (χ2n) is 4.66. The zero-order valence-corrected chi connectivity index (χ0v) is 14.1. The summed E-state index contributed by atoms with van der Waals surface area (Å²) in [5.74, 6) is 1.47. The van der Waals surface area contributed by atoms with E-state index >= 15 is 0 Å². The highest BCUT2D eigenvalue weighted by Crippen LogP contribution is 2.36. The van der Waals surface area contributed by atoms with E-state index in [4.69, 9.17) is 26.8 Å². The third-order valence-corrected chi connectivity index (χ3v) is 4.75. The predicted octanol–water partition coefficient (Wildman–Crippen LogP) is 4.56. The molecule has 0 saturated carbocycles. The van der Waals surface area contributed by atoms with Crippen LogP contribution in [0.25, 0.3) is 0 Å². The highest BCUT2D eigenvalue weighted by Gasteiger charge is 2.16. The lowest BCUT2D eigenvalue weighted by molar-refractivity contribution is 0.287. The first-order valence-corrected chi connectivity index (χ1v) is 8.17. The van der Waals surface area contributed by atoms with Crippen molar-refractivity contribution >= 4 is 22.9 Å². The van der Waals surface area contributed by atoms with Crippen molar-refractivity contribution in [3.63, 3.8) is 0 Å². The Morgan fingerprint density at radius 2 is 1.81 bits per heavy atom. The van der Waals surface area contributed by atoms with Crippen LogP contribution in [0.1, 0.15) is 35.9 Å². The summed E-state index contributed by atoms with van der Waals surface area (Å²) in [4.78, 5) is 1.05. The fourth-order valence-electron chi connectivity index (χ4n) is 2.06. The molecule has 1 heterocycles. The predicted molar refractivity (Wildman–Crippen MR) is 88.9 cm³/mol. The van der Waals surface area contributed by atoms with E-state index in [2.05, 4.69) is 0 Å². The van der Waals surface area contributed by atoms with Gasteiger partial charge in [0.1, 0.15) is 0 Å². The molecule has 0 fully saturated rings. The minimum absolute atomic E-state index is 0.212. The second-order valence-corrected chi connectivity index (χ2v) is 6.34. The molecular weight excluding hydrogens is 306 g/mol. The summed E-state index contributed by atoms with van der Waals surface area (Å²) < 4.78 is 12.0. The maximum Gasteiger partial charge on any atom is 0.161 e. The minimum Gasteiger partial charge on any atom is -0.490 e. The monoisotopic (exact) mass is 325 g/mol. The molecule has 1 unspecified atom stereocenters. The second kappa shape index (κ2) is 7.16. The zero-order valence-electron chi connectivity index (χ0n) is 12.5. The SMILES string of the molecule is CCOc1ccc(C(N)c2cc(C)c(Cl)s2)cc1OCC. The Labute approximate surface area is 134 Å². The van der Waals surface area contributed by atoms with E-state index in [-0.39, 0.29) is 6.04 Å². The Morgan fingerprint density at radius 3 is 2.38 bits per heavy atom. The van der Waals surface area contributed by atoms with Crippen molar-refractivity contribution in [2.24, 2.45) is 5.73 Å². The Bertz CT molecular complexity index is 593. The van der Waals surface area contributed by atoms with Crippen molar-refractivity contribution in [1.82, 2.24) is 0 Å². The molecular formula is C16H20ClNO2S. The number of hydrogen-bond donors (Lipinski definition) is 1. The zero-order chi connectivity index (χ0) is 15.4. The summed E-state index contributed by atoms with van der Waals surface area (Å²) in [5.41, 5.74) is 8.39. The lowest BCUT2D eigenvalue weighted by atomic mass is 10.1. The molecule has 2 N–H and O–H groups in total. The lowest BCUT2D eigenvalue weighted by Crippen LogP contribution is -2.11. The molecule has 114 valence electrons. The van der Waals surface area contributed by atoms with E-state index < -0.39 is 0 Å². The number of thiophene rings is 1. The molecule has 3 nitrogen and oxygen atoms in total. The summed E-state index contributed by atoms with van der Waals surface area (Å²) in [7, 11) is 0. The van der Waals surface area contributed by atoms with Crippen LogP contribution in [0.5, 0.6) is 11.5 Å². The van der Waals surface area contributed by atoms with Crippen molar-refractivity contribution in [2.75, 3.05) is 13.2 Å². The van der Waals surface area contributed by atoms with Gasteiger partial charge in [0.15, 0.2) is 11.5 Å². The summed E-state index contributed by atoms with van der Waals surface area (Å²) in [6.45, 7) is 7.07. The first-order chi connectivity index (χ1) is 10.1. The van der Waals surface area contributed by atoms with Gasteiger partial charge >= 0.3 is 0 Å². The van der Waals surface area contributed by atoms with Crippen molar-refractivity contribution in [2.45, 2.75) is 26.8 Å². The molecule has 1 atom stereocenters. The van der Waals surface area contributed by atoms with Crippen LogP contribution in [-0.2, 0) is 0 Å². The number of nitrogens with two attached hydrogens (primary N) is 1. The molecule has 2 rings (SSSR count). The lowest BCUT2D eigenvalue weighted by Gasteiger charge is -2.15. The van der Waals surface area contributed by atoms with Gasteiger partial charge < -0.3 is 15.2 Å². The number of aryl methyl sites for hydroxylation is 1. The van der Waals surface area contributed by atoms with E-state index in [1.807, 2.05) is 45.0 Å². The molecule has 21 heavy (non-hydrogen) atoms. The normalized spacial score (nSPS) is 12.2. The van der Waals surface area contributed by atoms with Gasteiger partial charge in [0.25, 0.3) is 0 Å². The first-order valence-electron chi connectivity index (χ1n) is 6.97. The highest BCUT2D eigenvalue weighted by atomic mass is 35.5. The number of benzene rings is 1. The van der Waals surface area contributed by atoms with Crippen LogP contribution >= 0.6 is 22.9 Å². The van der Waals surface area contributed by atoms with Gasteiger partial charge in [-0.2, -0.15) is 0 Å². The van der Waals surface area contributed by atoms with E-state index in [9.17, 15) is 0 Å². The molecule has 5 heteroatoms. The third kappa shape index (κ3) is 3.70. The molecule has 2 aromatic rings. The first kappa shape index (κ1) is 16.1. The van der Waals surface area contributed by atoms with E-state index in [0.29, 0.717) is 13.2 Å². The van der Waals surface area contributed by atoms with Gasteiger partial charge in [0.05, 0.1) is 23.6 Å². The van der Waals surface area contributed by atoms with Crippen LogP contribution in [-0.4, -0.2) is 13.2 Å². The molecule has 0 aliphatic heterocycles. The van der Waals surface area contributed by atoms with Gasteiger partial charge in [-0.1, -0.05) is 17.7 Å². The molecule has 0 bridgehead atoms. The average Bonchev–Trinajstić information content (AvgIpc) is 2.80. The average molecular weight is 326 g/mol. The van der Waals surface area contributed by atoms with Crippen LogP contribution in [0.3, 0.4) is 0 Å². The minimum atomic E-state index is -0.212. The Hall–Kier alpha value is -1.23. The van der Waals surface area contributed by atoms with Gasteiger partial charge in [0, 0.05) is 4.88 Å². The summed E-state index contributed by atoms with van der Waals surface area (Å²) in [6, 6.07) is 7.65. The maximum absolute atomic E-state index is 6.34. The van der Waals surface area contributed by atoms with Gasteiger partial charge in [-0.25, -0.2) is 0 Å². The van der Waals surface area contributed by atoms with Crippen molar-refractivity contribution in [3.8, 4) is 11.5 Å². The molecule has 0 aliphatic carbocycles. The number of rotatable bonds is 6. The Morgan fingerprint density at radius 1 is 1.14 bits per heavy atom. The molecule has 0 amide bonds. The molecule has 0 spiro atoms. The van der Waals surface area contributed by atoms with E-state index in [1.54, 1.807) is 0 Å². The standard InChI is InChI=1S/C16H20ClNO2S/c1-4-19-12-7-6-11(9-13(12)20-5-2)15(18)14-8-10(3)16(17)21-14/h6-9,15H,4-5,18H2,1-3H3. The van der Waals surface area contributed by atoms with Crippen LogP contribution in [0.4, 0.5) is 0 Å². The van der Waals surface area contributed by atoms with Gasteiger partial charge in [-0.15, -0.1) is 11.3 Å². The molecule has 1 aromatic heterocycles. The molecule has 0 radical (unpaired) electrons. The van der Waals surface area contributed by atoms with Crippen LogP contribution in [0.15, 0.2) is 24.3 Å². The van der Waals surface area contributed by atoms with Crippen LogP contribution in [0.2, 0.25) is 4.34 Å². The Balaban J connectivity index is 2.32. The van der Waals surface area contributed by atoms with Crippen molar-refractivity contribution < 1.29 is 9.47 Å².